The zero-order valence-corrected chi connectivity index (χ0v) is 17.5. The van der Waals surface area contributed by atoms with Gasteiger partial charge in [0.1, 0.15) is 0 Å². The number of nitrogens with zero attached hydrogens (tertiary/aromatic N) is 5. The Morgan fingerprint density at radius 1 is 1.00 bits per heavy atom. The quantitative estimate of drug-likeness (QED) is 0.687. The van der Waals surface area contributed by atoms with Crippen molar-refractivity contribution in [1.29, 1.82) is 0 Å². The summed E-state index contributed by atoms with van der Waals surface area (Å²) in [7, 11) is 0. The molecule has 26 heavy (non-hydrogen) atoms. The molecule has 1 aromatic heterocycles. The number of benzene rings is 1. The minimum atomic E-state index is -0.264. The summed E-state index contributed by atoms with van der Waals surface area (Å²) in [6.07, 6.45) is 0. The Kier molecular flexibility index (Phi) is 6.81. The minimum absolute atomic E-state index is 0.102. The molecule has 6 nitrogen and oxygen atoms in total. The van der Waals surface area contributed by atoms with E-state index in [2.05, 4.69) is 41.5 Å². The predicted molar refractivity (Wildman–Crippen MR) is 106 cm³/mol. The van der Waals surface area contributed by atoms with Crippen LogP contribution in [0.2, 0.25) is 0 Å². The van der Waals surface area contributed by atoms with Gasteiger partial charge in [0.05, 0.1) is 10.9 Å². The summed E-state index contributed by atoms with van der Waals surface area (Å²) in [6.45, 7) is 14.4. The smallest absolute Gasteiger partial charge is 0.236 e. The monoisotopic (exact) mass is 375 g/mol. The van der Waals surface area contributed by atoms with Crippen LogP contribution in [0, 0.1) is 0 Å². The Hall–Kier alpha value is -1.89. The van der Waals surface area contributed by atoms with Crippen LogP contribution in [0.4, 0.5) is 0 Å². The molecule has 142 valence electrons. The number of hydrogen-bond donors (Lipinski definition) is 0. The molecular weight excluding hydrogens is 346 g/mol. The molecule has 1 heterocycles. The number of amides is 1. The summed E-state index contributed by atoms with van der Waals surface area (Å²) >= 11 is 1.39. The third-order valence-corrected chi connectivity index (χ3v) is 5.26. The van der Waals surface area contributed by atoms with Gasteiger partial charge in [-0.25, -0.2) is 0 Å². The number of hydrogen-bond acceptors (Lipinski definition) is 5. The van der Waals surface area contributed by atoms with E-state index in [-0.39, 0.29) is 23.2 Å². The summed E-state index contributed by atoms with van der Waals surface area (Å²) in [4.78, 5) is 14.8. The van der Waals surface area contributed by atoms with Gasteiger partial charge in [-0.1, -0.05) is 37.7 Å². The molecule has 0 spiro atoms. The van der Waals surface area contributed by atoms with Gasteiger partial charge < -0.3 is 4.90 Å². The second-order valence-corrected chi connectivity index (χ2v) is 8.62. The first kappa shape index (κ1) is 20.4. The topological polar surface area (TPSA) is 63.9 Å². The zero-order valence-electron chi connectivity index (χ0n) is 16.7. The maximum absolute atomic E-state index is 12.8. The van der Waals surface area contributed by atoms with Crippen LogP contribution in [0.3, 0.4) is 0 Å². The van der Waals surface area contributed by atoms with Gasteiger partial charge in [-0.05, 0) is 68.7 Å². The van der Waals surface area contributed by atoms with Gasteiger partial charge in [-0.15, -0.1) is 5.10 Å². The molecule has 1 amide bonds. The van der Waals surface area contributed by atoms with Crippen LogP contribution < -0.4 is 0 Å². The number of thioether (sulfide) groups is 1. The van der Waals surface area contributed by atoms with Crippen molar-refractivity contribution in [2.45, 2.75) is 76.9 Å². The van der Waals surface area contributed by atoms with Crippen molar-refractivity contribution in [3.8, 4) is 5.69 Å². The molecule has 0 saturated heterocycles. The fourth-order valence-corrected chi connectivity index (χ4v) is 3.80. The fraction of sp³-hybridized carbons (Fsp3) is 0.579. The van der Waals surface area contributed by atoms with Crippen molar-refractivity contribution in [3.05, 3.63) is 29.8 Å². The van der Waals surface area contributed by atoms with Crippen LogP contribution >= 0.6 is 11.8 Å². The molecule has 0 aliphatic heterocycles. The van der Waals surface area contributed by atoms with Crippen LogP contribution in [-0.4, -0.2) is 48.3 Å². The Morgan fingerprint density at radius 2 is 1.58 bits per heavy atom. The lowest BCUT2D eigenvalue weighted by atomic mass is 10.0. The second-order valence-electron chi connectivity index (χ2n) is 7.31. The molecule has 0 N–H and O–H groups in total. The van der Waals surface area contributed by atoms with Gasteiger partial charge >= 0.3 is 0 Å². The number of rotatable bonds is 7. The van der Waals surface area contributed by atoms with Gasteiger partial charge in [0.25, 0.3) is 0 Å². The van der Waals surface area contributed by atoms with Crippen LogP contribution in [-0.2, 0) is 4.79 Å². The van der Waals surface area contributed by atoms with E-state index in [1.54, 1.807) is 4.68 Å². The number of carbonyl (C=O) groups is 1. The summed E-state index contributed by atoms with van der Waals surface area (Å²) in [5.74, 6) is 0.576. The molecule has 0 fully saturated rings. The number of tetrazole rings is 1. The Labute approximate surface area is 160 Å². The molecule has 2 aromatic rings. The average molecular weight is 376 g/mol. The lowest BCUT2D eigenvalue weighted by Gasteiger charge is -2.32. The lowest BCUT2D eigenvalue weighted by molar-refractivity contribution is -0.133. The molecule has 2 rings (SSSR count). The molecule has 0 radical (unpaired) electrons. The highest BCUT2D eigenvalue weighted by Crippen LogP contribution is 2.26. The van der Waals surface area contributed by atoms with Crippen molar-refractivity contribution in [2.24, 2.45) is 0 Å². The Bertz CT molecular complexity index is 716. The van der Waals surface area contributed by atoms with Gasteiger partial charge in [0, 0.05) is 12.1 Å². The molecule has 0 aliphatic rings. The largest absolute Gasteiger partial charge is 0.337 e. The highest BCUT2D eigenvalue weighted by Gasteiger charge is 2.27. The highest BCUT2D eigenvalue weighted by molar-refractivity contribution is 8.00. The third kappa shape index (κ3) is 4.63. The third-order valence-electron chi connectivity index (χ3n) is 4.24. The molecule has 0 aliphatic carbocycles. The van der Waals surface area contributed by atoms with Gasteiger partial charge in [0.15, 0.2) is 0 Å². The van der Waals surface area contributed by atoms with Crippen molar-refractivity contribution < 1.29 is 4.79 Å². The van der Waals surface area contributed by atoms with Crippen molar-refractivity contribution in [1.82, 2.24) is 25.1 Å². The minimum Gasteiger partial charge on any atom is -0.337 e. The summed E-state index contributed by atoms with van der Waals surface area (Å²) in [5.41, 5.74) is 2.16. The number of aromatic nitrogens is 4. The molecule has 1 atom stereocenters. The van der Waals surface area contributed by atoms with Crippen molar-refractivity contribution in [2.75, 3.05) is 0 Å². The van der Waals surface area contributed by atoms with Crippen LogP contribution in [0.15, 0.2) is 29.4 Å². The molecule has 1 aromatic carbocycles. The first-order chi connectivity index (χ1) is 12.2. The molecule has 0 bridgehead atoms. The van der Waals surface area contributed by atoms with E-state index < -0.39 is 0 Å². The van der Waals surface area contributed by atoms with E-state index in [9.17, 15) is 4.79 Å². The maximum atomic E-state index is 12.8. The van der Waals surface area contributed by atoms with E-state index in [1.165, 1.54) is 17.3 Å². The first-order valence-corrected chi connectivity index (χ1v) is 9.97. The average Bonchev–Trinajstić information content (AvgIpc) is 3.02. The SMILES string of the molecule is CC(Sc1nnnn1-c1ccc(C(C)C)cc1)C(=O)N(C(C)C)C(C)C. The highest BCUT2D eigenvalue weighted by atomic mass is 32.2. The van der Waals surface area contributed by atoms with E-state index in [4.69, 9.17) is 0 Å². The normalized spacial score (nSPS) is 12.8. The fourth-order valence-electron chi connectivity index (χ4n) is 2.94. The first-order valence-electron chi connectivity index (χ1n) is 9.09. The summed E-state index contributed by atoms with van der Waals surface area (Å²) in [5, 5.41) is 12.4. The standard InChI is InChI=1S/C19H29N5OS/c1-12(2)16-8-10-17(11-9-16)24-19(20-21-22-24)26-15(7)18(25)23(13(3)4)14(5)6/h8-15H,1-7H3. The zero-order chi connectivity index (χ0) is 19.4. The molecular formula is C19H29N5OS. The Morgan fingerprint density at radius 3 is 2.08 bits per heavy atom. The van der Waals surface area contributed by atoms with Crippen molar-refractivity contribution >= 4 is 17.7 Å². The lowest BCUT2D eigenvalue weighted by Crippen LogP contribution is -2.45. The van der Waals surface area contributed by atoms with E-state index in [0.29, 0.717) is 11.1 Å². The maximum Gasteiger partial charge on any atom is 0.236 e. The second kappa shape index (κ2) is 8.66. The van der Waals surface area contributed by atoms with Gasteiger partial charge in [0.2, 0.25) is 11.1 Å². The van der Waals surface area contributed by atoms with E-state index in [1.807, 2.05) is 51.7 Å². The van der Waals surface area contributed by atoms with Gasteiger partial charge in [-0.3, -0.25) is 4.79 Å². The number of carbonyl (C=O) groups excluding carboxylic acids is 1. The Balaban J connectivity index is 2.19. The summed E-state index contributed by atoms with van der Waals surface area (Å²) in [6, 6.07) is 8.51. The molecule has 0 saturated carbocycles. The molecule has 7 heteroatoms. The molecule has 1 unspecified atom stereocenters. The van der Waals surface area contributed by atoms with E-state index in [0.717, 1.165) is 5.69 Å². The summed E-state index contributed by atoms with van der Waals surface area (Å²) < 4.78 is 1.69. The van der Waals surface area contributed by atoms with Crippen LogP contribution in [0.25, 0.3) is 5.69 Å². The van der Waals surface area contributed by atoms with Crippen LogP contribution in [0.1, 0.15) is 59.9 Å². The van der Waals surface area contributed by atoms with E-state index >= 15 is 0 Å². The van der Waals surface area contributed by atoms with Crippen molar-refractivity contribution in [3.63, 3.8) is 0 Å². The van der Waals surface area contributed by atoms with Gasteiger partial charge in [-0.2, -0.15) is 4.68 Å². The predicted octanol–water partition coefficient (Wildman–Crippen LogP) is 3.91. The van der Waals surface area contributed by atoms with Crippen LogP contribution in [0.5, 0.6) is 0 Å².